The van der Waals surface area contributed by atoms with Gasteiger partial charge < -0.3 is 9.47 Å². The minimum absolute atomic E-state index is 0.0319. The lowest BCUT2D eigenvalue weighted by Crippen LogP contribution is -2.19. The molecule has 0 aromatic heterocycles. The second-order valence-corrected chi connectivity index (χ2v) is 6.85. The number of esters is 1. The molecule has 1 aliphatic rings. The third-order valence-corrected chi connectivity index (χ3v) is 4.62. The number of ether oxygens (including phenoxy) is 2. The monoisotopic (exact) mass is 431 g/mol. The summed E-state index contributed by atoms with van der Waals surface area (Å²) in [4.78, 5) is 23.1. The summed E-state index contributed by atoms with van der Waals surface area (Å²) in [5.74, 6) is -3.31. The molecular weight excluding hydrogens is 416 g/mol. The van der Waals surface area contributed by atoms with Crippen LogP contribution in [-0.4, -0.2) is 30.4 Å². The Balaban J connectivity index is 1.62. The van der Waals surface area contributed by atoms with Crippen LogP contribution in [0.15, 0.2) is 63.6 Å². The highest BCUT2D eigenvalue weighted by Gasteiger charge is 2.25. The number of nitrogens with zero attached hydrogens (tertiary/aromatic N) is 2. The predicted molar refractivity (Wildman–Crippen MR) is 108 cm³/mol. The van der Waals surface area contributed by atoms with E-state index in [2.05, 4.69) is 20.3 Å². The van der Waals surface area contributed by atoms with E-state index in [9.17, 15) is 18.4 Å². The number of carbonyl (C=O) groups excluding carboxylic acids is 2. The molecule has 2 aromatic carbocycles. The number of nitrogens with one attached hydrogen (secondary N) is 1. The van der Waals surface area contributed by atoms with Crippen molar-refractivity contribution in [1.82, 2.24) is 5.32 Å². The molecule has 1 N–H and O–H groups in total. The first kappa shape index (κ1) is 21.2. The van der Waals surface area contributed by atoms with Gasteiger partial charge >= 0.3 is 5.97 Å². The normalized spacial score (nSPS) is 16.3. The Labute approximate surface area is 174 Å². The quantitative estimate of drug-likeness (QED) is 0.329. The van der Waals surface area contributed by atoms with Gasteiger partial charge in [-0.15, -0.1) is 5.10 Å². The third kappa shape index (κ3) is 5.51. The highest BCUT2D eigenvalue weighted by atomic mass is 32.2. The van der Waals surface area contributed by atoms with Gasteiger partial charge in [0, 0.05) is 6.08 Å². The van der Waals surface area contributed by atoms with Gasteiger partial charge in [-0.3, -0.25) is 10.1 Å². The van der Waals surface area contributed by atoms with Crippen molar-refractivity contribution < 1.29 is 27.8 Å². The fraction of sp³-hybridized carbons (Fsp3) is 0.100. The standard InChI is InChI=1S/C20H15F2N3O4S/c1-28-17(26)9-16-19(27)24-20(30-16)25-23-10-12-4-2-5-13(8-12)11-29-15-7-3-6-14(21)18(15)22/h2-10H,11H2,1H3,(H,24,25,27)/b16-9+,23-10?. The van der Waals surface area contributed by atoms with Crippen LogP contribution in [0.4, 0.5) is 8.78 Å². The summed E-state index contributed by atoms with van der Waals surface area (Å²) in [5, 5.41) is 10.5. The first-order valence-electron chi connectivity index (χ1n) is 8.52. The zero-order valence-electron chi connectivity index (χ0n) is 15.6. The Morgan fingerprint density at radius 1 is 1.23 bits per heavy atom. The molecule has 0 atom stereocenters. The Bertz CT molecular complexity index is 1070. The molecule has 1 aliphatic heterocycles. The molecule has 7 nitrogen and oxygen atoms in total. The van der Waals surface area contributed by atoms with Crippen molar-refractivity contribution in [3.8, 4) is 5.75 Å². The molecule has 2 aromatic rings. The maximum absolute atomic E-state index is 13.6. The number of thioether (sulfide) groups is 1. The minimum atomic E-state index is -1.04. The van der Waals surface area contributed by atoms with Crippen molar-refractivity contribution in [3.05, 3.63) is 76.2 Å². The molecule has 0 radical (unpaired) electrons. The average molecular weight is 431 g/mol. The summed E-state index contributed by atoms with van der Waals surface area (Å²) >= 11 is 0.959. The number of halogens is 2. The number of amides is 1. The topological polar surface area (TPSA) is 89.3 Å². The number of methoxy groups -OCH3 is 1. The van der Waals surface area contributed by atoms with Crippen LogP contribution >= 0.6 is 11.8 Å². The van der Waals surface area contributed by atoms with Crippen molar-refractivity contribution in [2.24, 2.45) is 10.2 Å². The number of hydrogen-bond donors (Lipinski definition) is 1. The zero-order valence-corrected chi connectivity index (χ0v) is 16.4. The second-order valence-electron chi connectivity index (χ2n) is 5.82. The molecule has 0 spiro atoms. The SMILES string of the molecule is COC(=O)/C=C1/S/C(=N\N=Cc2cccc(COc3cccc(F)c3F)c2)NC1=O. The third-order valence-electron chi connectivity index (χ3n) is 3.72. The second kappa shape index (κ2) is 9.79. The summed E-state index contributed by atoms with van der Waals surface area (Å²) in [7, 11) is 1.21. The van der Waals surface area contributed by atoms with E-state index in [-0.39, 0.29) is 22.4 Å². The number of rotatable bonds is 6. The first-order chi connectivity index (χ1) is 14.5. The van der Waals surface area contributed by atoms with E-state index in [0.717, 1.165) is 23.9 Å². The molecule has 1 saturated heterocycles. The molecule has 0 bridgehead atoms. The molecule has 30 heavy (non-hydrogen) atoms. The van der Waals surface area contributed by atoms with E-state index in [0.29, 0.717) is 11.1 Å². The molecule has 0 saturated carbocycles. The van der Waals surface area contributed by atoms with Gasteiger partial charge in [-0.25, -0.2) is 9.18 Å². The van der Waals surface area contributed by atoms with Crippen LogP contribution in [0.3, 0.4) is 0 Å². The van der Waals surface area contributed by atoms with Crippen LogP contribution in [0, 0.1) is 11.6 Å². The fourth-order valence-electron chi connectivity index (χ4n) is 2.31. The molecule has 1 fully saturated rings. The van der Waals surface area contributed by atoms with Gasteiger partial charge in [0.15, 0.2) is 16.7 Å². The lowest BCUT2D eigenvalue weighted by molar-refractivity contribution is -0.135. The predicted octanol–water partition coefficient (Wildman–Crippen LogP) is 3.15. The number of benzene rings is 2. The smallest absolute Gasteiger partial charge is 0.331 e. The van der Waals surface area contributed by atoms with Crippen molar-refractivity contribution in [3.63, 3.8) is 0 Å². The minimum Gasteiger partial charge on any atom is -0.486 e. The van der Waals surface area contributed by atoms with E-state index in [1.165, 1.54) is 25.5 Å². The fourth-order valence-corrected chi connectivity index (χ4v) is 3.05. The van der Waals surface area contributed by atoms with Gasteiger partial charge in [0.25, 0.3) is 5.91 Å². The Morgan fingerprint density at radius 3 is 2.83 bits per heavy atom. The van der Waals surface area contributed by atoms with Crippen LogP contribution in [-0.2, 0) is 20.9 Å². The van der Waals surface area contributed by atoms with Crippen LogP contribution in [0.25, 0.3) is 0 Å². The molecule has 3 rings (SSSR count). The van der Waals surface area contributed by atoms with Gasteiger partial charge in [0.1, 0.15) is 6.61 Å². The maximum atomic E-state index is 13.6. The van der Waals surface area contributed by atoms with E-state index >= 15 is 0 Å². The maximum Gasteiger partial charge on any atom is 0.331 e. The van der Waals surface area contributed by atoms with Gasteiger partial charge in [-0.05, 0) is 41.1 Å². The van der Waals surface area contributed by atoms with Crippen LogP contribution < -0.4 is 10.1 Å². The molecule has 1 amide bonds. The average Bonchev–Trinajstić information content (AvgIpc) is 3.08. The summed E-state index contributed by atoms with van der Waals surface area (Å²) < 4.78 is 36.7. The summed E-state index contributed by atoms with van der Waals surface area (Å²) in [6, 6.07) is 10.7. The zero-order chi connectivity index (χ0) is 21.5. The number of hydrogen-bond acceptors (Lipinski definition) is 7. The van der Waals surface area contributed by atoms with Crippen molar-refractivity contribution in [2.75, 3.05) is 7.11 Å². The molecule has 10 heteroatoms. The molecule has 154 valence electrons. The highest BCUT2D eigenvalue weighted by Crippen LogP contribution is 2.23. The summed E-state index contributed by atoms with van der Waals surface area (Å²) in [5.41, 5.74) is 1.39. The van der Waals surface area contributed by atoms with E-state index in [4.69, 9.17) is 4.74 Å². The molecular formula is C20H15F2N3O4S. The highest BCUT2D eigenvalue weighted by molar-refractivity contribution is 8.18. The van der Waals surface area contributed by atoms with Crippen LogP contribution in [0.1, 0.15) is 11.1 Å². The van der Waals surface area contributed by atoms with Gasteiger partial charge in [0.2, 0.25) is 5.82 Å². The lowest BCUT2D eigenvalue weighted by Gasteiger charge is -2.08. The lowest BCUT2D eigenvalue weighted by atomic mass is 10.1. The van der Waals surface area contributed by atoms with Crippen molar-refractivity contribution in [2.45, 2.75) is 6.61 Å². The molecule has 0 unspecified atom stereocenters. The van der Waals surface area contributed by atoms with E-state index < -0.39 is 23.5 Å². The summed E-state index contributed by atoms with van der Waals surface area (Å²) in [6.07, 6.45) is 2.52. The van der Waals surface area contributed by atoms with Crippen molar-refractivity contribution >= 4 is 35.0 Å². The molecule has 0 aliphatic carbocycles. The Hall–Kier alpha value is -3.53. The van der Waals surface area contributed by atoms with Gasteiger partial charge in [-0.1, -0.05) is 24.3 Å². The molecule has 1 heterocycles. The van der Waals surface area contributed by atoms with Gasteiger partial charge in [-0.2, -0.15) is 9.49 Å². The van der Waals surface area contributed by atoms with Crippen LogP contribution in [0.2, 0.25) is 0 Å². The number of carbonyl (C=O) groups is 2. The van der Waals surface area contributed by atoms with Crippen molar-refractivity contribution in [1.29, 1.82) is 0 Å². The van der Waals surface area contributed by atoms with E-state index in [1.54, 1.807) is 24.3 Å². The Morgan fingerprint density at radius 2 is 2.03 bits per heavy atom. The Kier molecular flexibility index (Phi) is 6.91. The first-order valence-corrected chi connectivity index (χ1v) is 9.33. The van der Waals surface area contributed by atoms with Crippen LogP contribution in [0.5, 0.6) is 5.75 Å². The van der Waals surface area contributed by atoms with Gasteiger partial charge in [0.05, 0.1) is 18.2 Å². The van der Waals surface area contributed by atoms with E-state index in [1.807, 2.05) is 0 Å². The summed E-state index contributed by atoms with van der Waals surface area (Å²) in [6.45, 7) is 0.0319. The number of amidine groups is 1. The largest absolute Gasteiger partial charge is 0.486 e.